The Kier molecular flexibility index (Phi) is 5.69. The largest absolute Gasteiger partial charge is 0.481 e. The number of hydrogen-bond donors (Lipinski definition) is 3. The summed E-state index contributed by atoms with van der Waals surface area (Å²) in [5.41, 5.74) is 0.352. The highest BCUT2D eigenvalue weighted by Crippen LogP contribution is 2.28. The maximum absolute atomic E-state index is 12.5. The number of aromatic nitrogens is 1. The third-order valence-electron chi connectivity index (χ3n) is 3.25. The molecule has 0 bridgehead atoms. The third-order valence-corrected chi connectivity index (χ3v) is 8.58. The molecule has 0 aliphatic carbocycles. The minimum atomic E-state index is -4.06. The monoisotopic (exact) mass is 459 g/mol. The zero-order valence-electron chi connectivity index (χ0n) is 13.9. The highest BCUT2D eigenvalue weighted by Gasteiger charge is 2.23. The molecule has 0 amide bonds. The number of sulfonamides is 2. The lowest BCUT2D eigenvalue weighted by Crippen LogP contribution is -2.13. The van der Waals surface area contributed by atoms with Gasteiger partial charge in [-0.05, 0) is 18.2 Å². The van der Waals surface area contributed by atoms with Crippen molar-refractivity contribution in [3.63, 3.8) is 0 Å². The van der Waals surface area contributed by atoms with E-state index in [-0.39, 0.29) is 20.7 Å². The molecule has 0 radical (unpaired) electrons. The fraction of sp³-hybridized carbons (Fsp3) is 0.0667. The lowest BCUT2D eigenvalue weighted by molar-refractivity contribution is -0.136. The van der Waals surface area contributed by atoms with Crippen LogP contribution in [0.25, 0.3) is 0 Å². The molecular weight excluding hydrogens is 446 g/mol. The third kappa shape index (κ3) is 4.86. The molecule has 0 aliphatic heterocycles. The molecule has 2 aromatic heterocycles. The van der Waals surface area contributed by atoms with E-state index in [9.17, 15) is 21.6 Å². The van der Waals surface area contributed by atoms with Crippen molar-refractivity contribution in [1.82, 2.24) is 4.98 Å². The van der Waals surface area contributed by atoms with Crippen LogP contribution in [0, 0.1) is 0 Å². The van der Waals surface area contributed by atoms with E-state index in [0.717, 1.165) is 28.7 Å². The molecule has 13 heteroatoms. The van der Waals surface area contributed by atoms with Crippen molar-refractivity contribution in [1.29, 1.82) is 0 Å². The number of anilines is 2. The van der Waals surface area contributed by atoms with E-state index in [1.807, 2.05) is 0 Å². The number of thiazole rings is 1. The average molecular weight is 460 g/mol. The van der Waals surface area contributed by atoms with Crippen LogP contribution in [0.15, 0.2) is 57.1 Å². The Balaban J connectivity index is 1.78. The van der Waals surface area contributed by atoms with Crippen LogP contribution in [0.1, 0.15) is 4.88 Å². The number of rotatable bonds is 8. The van der Waals surface area contributed by atoms with E-state index in [2.05, 4.69) is 14.4 Å². The molecule has 0 saturated carbocycles. The molecule has 0 spiro atoms. The Labute approximate surface area is 168 Å². The molecule has 3 N–H and O–H groups in total. The summed E-state index contributed by atoms with van der Waals surface area (Å²) < 4.78 is 54.2. The van der Waals surface area contributed by atoms with Gasteiger partial charge in [-0.2, -0.15) is 0 Å². The van der Waals surface area contributed by atoms with Gasteiger partial charge in [0.05, 0.1) is 11.3 Å². The molecule has 3 rings (SSSR count). The number of carbonyl (C=O) groups is 1. The minimum absolute atomic E-state index is 0.00327. The first-order chi connectivity index (χ1) is 13.2. The molecule has 0 aliphatic rings. The molecule has 9 nitrogen and oxygen atoms in total. The zero-order valence-corrected chi connectivity index (χ0v) is 17.2. The van der Waals surface area contributed by atoms with Crippen LogP contribution in [-0.2, 0) is 31.3 Å². The summed E-state index contributed by atoms with van der Waals surface area (Å²) in [6.45, 7) is 0. The Morgan fingerprint density at radius 3 is 2.46 bits per heavy atom. The highest BCUT2D eigenvalue weighted by atomic mass is 32.2. The van der Waals surface area contributed by atoms with Gasteiger partial charge in [-0.25, -0.2) is 21.8 Å². The van der Waals surface area contributed by atoms with Crippen molar-refractivity contribution in [2.45, 2.75) is 15.5 Å². The van der Waals surface area contributed by atoms with Gasteiger partial charge in [0.15, 0.2) is 5.13 Å². The number of carboxylic acid groups (broad SMARTS) is 1. The smallest absolute Gasteiger partial charge is 0.308 e. The Bertz CT molecular complexity index is 1200. The van der Waals surface area contributed by atoms with Gasteiger partial charge in [-0.15, -0.1) is 22.7 Å². The van der Waals surface area contributed by atoms with Gasteiger partial charge in [-0.1, -0.05) is 18.2 Å². The number of hydrogen-bond acceptors (Lipinski definition) is 8. The van der Waals surface area contributed by atoms with Gasteiger partial charge < -0.3 is 5.11 Å². The fourth-order valence-corrected chi connectivity index (χ4v) is 6.78. The Hall–Kier alpha value is -2.48. The first-order valence-corrected chi connectivity index (χ1v) is 12.2. The lowest BCUT2D eigenvalue weighted by atomic mass is 10.3. The van der Waals surface area contributed by atoms with Crippen LogP contribution in [-0.4, -0.2) is 32.9 Å². The van der Waals surface area contributed by atoms with E-state index in [4.69, 9.17) is 5.11 Å². The number of para-hydroxylation sites is 1. The predicted molar refractivity (Wildman–Crippen MR) is 106 cm³/mol. The van der Waals surface area contributed by atoms with Crippen LogP contribution < -0.4 is 9.44 Å². The maximum Gasteiger partial charge on any atom is 0.308 e. The van der Waals surface area contributed by atoms with Crippen molar-refractivity contribution < 1.29 is 26.7 Å². The molecular formula is C15H13N3O6S4. The Morgan fingerprint density at radius 2 is 1.79 bits per heavy atom. The number of benzene rings is 1. The molecule has 28 heavy (non-hydrogen) atoms. The van der Waals surface area contributed by atoms with Crippen molar-refractivity contribution in [3.8, 4) is 0 Å². The van der Waals surface area contributed by atoms with Crippen molar-refractivity contribution in [3.05, 3.63) is 52.9 Å². The summed E-state index contributed by atoms with van der Waals surface area (Å²) in [4.78, 5) is 14.7. The fourth-order valence-electron chi connectivity index (χ4n) is 2.05. The predicted octanol–water partition coefficient (Wildman–Crippen LogP) is 2.43. The number of nitrogens with one attached hydrogen (secondary N) is 2. The lowest BCUT2D eigenvalue weighted by Gasteiger charge is -2.05. The quantitative estimate of drug-likeness (QED) is 0.469. The number of aliphatic carboxylic acids is 1. The van der Waals surface area contributed by atoms with Crippen LogP contribution in [0.2, 0.25) is 0 Å². The summed E-state index contributed by atoms with van der Waals surface area (Å²) in [7, 11) is -8.01. The van der Waals surface area contributed by atoms with Gasteiger partial charge in [-0.3, -0.25) is 14.2 Å². The van der Waals surface area contributed by atoms with E-state index in [1.165, 1.54) is 11.6 Å². The average Bonchev–Trinajstić information content (AvgIpc) is 3.25. The molecule has 2 heterocycles. The highest BCUT2D eigenvalue weighted by molar-refractivity contribution is 7.95. The van der Waals surface area contributed by atoms with Crippen LogP contribution in [0.4, 0.5) is 10.8 Å². The molecule has 1 aromatic carbocycles. The molecule has 0 saturated heterocycles. The second-order valence-corrected chi connectivity index (χ2v) is 11.0. The van der Waals surface area contributed by atoms with Crippen LogP contribution >= 0.6 is 22.7 Å². The first kappa shape index (κ1) is 20.3. The summed E-state index contributed by atoms with van der Waals surface area (Å²) in [5.74, 6) is -1.06. The van der Waals surface area contributed by atoms with E-state index in [1.54, 1.807) is 30.3 Å². The van der Waals surface area contributed by atoms with Gasteiger partial charge in [0.2, 0.25) is 0 Å². The van der Waals surface area contributed by atoms with Crippen LogP contribution in [0.3, 0.4) is 0 Å². The van der Waals surface area contributed by atoms with Crippen molar-refractivity contribution in [2.75, 3.05) is 9.44 Å². The van der Waals surface area contributed by atoms with Gasteiger partial charge in [0, 0.05) is 22.1 Å². The molecule has 148 valence electrons. The summed E-state index contributed by atoms with van der Waals surface area (Å²) in [5, 5.41) is 9.97. The normalized spacial score (nSPS) is 11.9. The Morgan fingerprint density at radius 1 is 1.07 bits per heavy atom. The second-order valence-electron chi connectivity index (χ2n) is 5.38. The first-order valence-electron chi connectivity index (χ1n) is 7.51. The number of thiophene rings is 1. The van der Waals surface area contributed by atoms with Crippen molar-refractivity contribution >= 4 is 59.5 Å². The zero-order chi connectivity index (χ0) is 20.4. The van der Waals surface area contributed by atoms with Crippen molar-refractivity contribution in [2.24, 2.45) is 0 Å². The SMILES string of the molecule is O=C(O)Cc1cnc(NS(=O)(=O)c2cc(S(=O)(=O)Nc3ccccc3)cs2)s1. The summed E-state index contributed by atoms with van der Waals surface area (Å²) in [6, 6.07) is 9.25. The number of nitrogens with zero attached hydrogens (tertiary/aromatic N) is 1. The van der Waals surface area contributed by atoms with Crippen LogP contribution in [0.5, 0.6) is 0 Å². The topological polar surface area (TPSA) is 143 Å². The van der Waals surface area contributed by atoms with E-state index in [0.29, 0.717) is 10.6 Å². The van der Waals surface area contributed by atoms with Gasteiger partial charge in [0.1, 0.15) is 4.21 Å². The van der Waals surface area contributed by atoms with E-state index >= 15 is 0 Å². The second kappa shape index (κ2) is 7.87. The number of carboxylic acids is 1. The molecule has 0 atom stereocenters. The molecule has 0 fully saturated rings. The van der Waals surface area contributed by atoms with E-state index < -0.39 is 26.0 Å². The molecule has 0 unspecified atom stereocenters. The standard InChI is InChI=1S/C15H13N3O6S4/c19-13(20)6-11-8-16-15(26-11)18-28(23,24)14-7-12(9-25-14)27(21,22)17-10-4-2-1-3-5-10/h1-5,7-9,17H,6H2,(H,16,18)(H,19,20). The molecule has 3 aromatic rings. The maximum atomic E-state index is 12.5. The van der Waals surface area contributed by atoms with Gasteiger partial charge >= 0.3 is 5.97 Å². The minimum Gasteiger partial charge on any atom is -0.481 e. The summed E-state index contributed by atoms with van der Waals surface area (Å²) in [6.07, 6.45) is 0.997. The van der Waals surface area contributed by atoms with Gasteiger partial charge in [0.25, 0.3) is 20.0 Å². The summed E-state index contributed by atoms with van der Waals surface area (Å²) >= 11 is 1.63.